The third-order valence-electron chi connectivity index (χ3n) is 2.85. The molecule has 0 aliphatic carbocycles. The molecule has 0 heterocycles. The average molecular weight is 293 g/mol. The molecule has 2 rings (SSSR count). The fraction of sp³-hybridized carbons (Fsp3) is 0.133. The summed E-state index contributed by atoms with van der Waals surface area (Å²) < 4.78 is 37.2. The number of carbonyl (C=O) groups excluding carboxylic acids is 1. The number of hydrogen-bond donors (Lipinski definition) is 1. The van der Waals surface area contributed by atoms with Crippen molar-refractivity contribution in [2.75, 3.05) is 19.5 Å². The first kappa shape index (κ1) is 14.8. The third-order valence-corrected chi connectivity index (χ3v) is 2.85. The summed E-state index contributed by atoms with van der Waals surface area (Å²) in [6.45, 7) is 0. The van der Waals surface area contributed by atoms with Crippen molar-refractivity contribution in [2.45, 2.75) is 0 Å². The molecule has 0 aromatic heterocycles. The summed E-state index contributed by atoms with van der Waals surface area (Å²) in [5, 5.41) is 2.20. The fourth-order valence-corrected chi connectivity index (χ4v) is 1.79. The fourth-order valence-electron chi connectivity index (χ4n) is 1.79. The van der Waals surface area contributed by atoms with Crippen molar-refractivity contribution in [3.05, 3.63) is 53.6 Å². The van der Waals surface area contributed by atoms with Crippen LogP contribution in [0.25, 0.3) is 0 Å². The van der Waals surface area contributed by atoms with Gasteiger partial charge in [-0.15, -0.1) is 0 Å². The highest BCUT2D eigenvalue weighted by Gasteiger charge is 2.17. The van der Waals surface area contributed by atoms with Crippen molar-refractivity contribution in [3.63, 3.8) is 0 Å². The quantitative estimate of drug-likeness (QED) is 0.941. The molecule has 110 valence electrons. The zero-order valence-electron chi connectivity index (χ0n) is 11.4. The molecule has 0 radical (unpaired) electrons. The van der Waals surface area contributed by atoms with Gasteiger partial charge in [0.2, 0.25) is 0 Å². The summed E-state index contributed by atoms with van der Waals surface area (Å²) in [5.41, 5.74) is -0.396. The highest BCUT2D eigenvalue weighted by atomic mass is 19.1. The molecular weight excluding hydrogens is 280 g/mol. The lowest BCUT2D eigenvalue weighted by Gasteiger charge is -2.11. The minimum Gasteiger partial charge on any atom is -0.497 e. The Kier molecular flexibility index (Phi) is 4.37. The molecule has 0 spiro atoms. The van der Waals surface area contributed by atoms with Gasteiger partial charge >= 0.3 is 0 Å². The topological polar surface area (TPSA) is 47.6 Å². The molecule has 2 aromatic rings. The molecule has 4 nitrogen and oxygen atoms in total. The Balaban J connectivity index is 2.36. The largest absolute Gasteiger partial charge is 0.497 e. The minimum absolute atomic E-state index is 0.111. The van der Waals surface area contributed by atoms with Gasteiger partial charge in [-0.3, -0.25) is 4.79 Å². The molecule has 21 heavy (non-hydrogen) atoms. The van der Waals surface area contributed by atoms with Crippen LogP contribution in [0.2, 0.25) is 0 Å². The van der Waals surface area contributed by atoms with E-state index in [1.165, 1.54) is 32.4 Å². The van der Waals surface area contributed by atoms with Crippen LogP contribution in [0.1, 0.15) is 10.4 Å². The van der Waals surface area contributed by atoms with Crippen molar-refractivity contribution < 1.29 is 23.0 Å². The number of nitrogens with one attached hydrogen (secondary N) is 1. The standard InChI is InChI=1S/C15H13F2NO3/c1-20-9-6-7-13(21-2)10(8-9)15(19)18-14-11(16)4-3-5-12(14)17/h3-8H,1-2H3,(H,18,19). The third kappa shape index (κ3) is 3.10. The first-order chi connectivity index (χ1) is 10.1. The molecule has 0 saturated heterocycles. The molecule has 2 aromatic carbocycles. The van der Waals surface area contributed by atoms with Gasteiger partial charge in [-0.1, -0.05) is 6.07 Å². The number of halogens is 2. The highest BCUT2D eigenvalue weighted by Crippen LogP contribution is 2.26. The van der Waals surface area contributed by atoms with Crippen LogP contribution in [0.3, 0.4) is 0 Å². The van der Waals surface area contributed by atoms with Crippen LogP contribution >= 0.6 is 0 Å². The maximum atomic E-state index is 13.5. The summed E-state index contributed by atoms with van der Waals surface area (Å²) in [4.78, 5) is 12.2. The zero-order chi connectivity index (χ0) is 15.4. The monoisotopic (exact) mass is 293 g/mol. The molecule has 0 atom stereocenters. The smallest absolute Gasteiger partial charge is 0.259 e. The van der Waals surface area contributed by atoms with Gasteiger partial charge in [-0.25, -0.2) is 8.78 Å². The molecule has 0 unspecified atom stereocenters. The Labute approximate surface area is 120 Å². The average Bonchev–Trinajstić information content (AvgIpc) is 2.50. The van der Waals surface area contributed by atoms with Crippen molar-refractivity contribution in [1.82, 2.24) is 0 Å². The number of rotatable bonds is 4. The van der Waals surface area contributed by atoms with E-state index in [0.717, 1.165) is 12.1 Å². The van der Waals surface area contributed by atoms with Crippen molar-refractivity contribution in [1.29, 1.82) is 0 Å². The Morgan fingerprint density at radius 2 is 1.71 bits per heavy atom. The van der Waals surface area contributed by atoms with Crippen LogP contribution in [0.5, 0.6) is 11.5 Å². The predicted molar refractivity (Wildman–Crippen MR) is 73.9 cm³/mol. The Hall–Kier alpha value is -2.63. The molecule has 1 amide bonds. The van der Waals surface area contributed by atoms with E-state index in [1.807, 2.05) is 0 Å². The van der Waals surface area contributed by atoms with E-state index < -0.39 is 23.2 Å². The summed E-state index contributed by atoms with van der Waals surface area (Å²) >= 11 is 0. The van der Waals surface area contributed by atoms with Crippen LogP contribution in [0.15, 0.2) is 36.4 Å². The maximum absolute atomic E-state index is 13.5. The number of para-hydroxylation sites is 1. The zero-order valence-corrected chi connectivity index (χ0v) is 11.4. The van der Waals surface area contributed by atoms with Crippen LogP contribution in [0.4, 0.5) is 14.5 Å². The van der Waals surface area contributed by atoms with Crippen LogP contribution in [-0.4, -0.2) is 20.1 Å². The number of anilines is 1. The molecule has 0 saturated carbocycles. The van der Waals surface area contributed by atoms with Crippen molar-refractivity contribution in [2.24, 2.45) is 0 Å². The molecule has 0 fully saturated rings. The Morgan fingerprint density at radius 1 is 1.05 bits per heavy atom. The Bertz CT molecular complexity index is 654. The van der Waals surface area contributed by atoms with E-state index in [9.17, 15) is 13.6 Å². The normalized spacial score (nSPS) is 10.1. The van der Waals surface area contributed by atoms with Gasteiger partial charge in [-0.2, -0.15) is 0 Å². The number of hydrogen-bond acceptors (Lipinski definition) is 3. The van der Waals surface area contributed by atoms with Gasteiger partial charge < -0.3 is 14.8 Å². The van der Waals surface area contributed by atoms with Gasteiger partial charge in [0.25, 0.3) is 5.91 Å². The van der Waals surface area contributed by atoms with Gasteiger partial charge in [0, 0.05) is 0 Å². The van der Waals surface area contributed by atoms with Crippen molar-refractivity contribution in [3.8, 4) is 11.5 Å². The van der Waals surface area contributed by atoms with E-state index >= 15 is 0 Å². The molecular formula is C15H13F2NO3. The van der Waals surface area contributed by atoms with Gasteiger partial charge in [0.15, 0.2) is 0 Å². The number of methoxy groups -OCH3 is 2. The van der Waals surface area contributed by atoms with E-state index in [2.05, 4.69) is 5.32 Å². The summed E-state index contributed by atoms with van der Waals surface area (Å²) in [5.74, 6) is -1.72. The summed E-state index contributed by atoms with van der Waals surface area (Å²) in [6.07, 6.45) is 0. The molecule has 0 bridgehead atoms. The van der Waals surface area contributed by atoms with Crippen LogP contribution in [0, 0.1) is 11.6 Å². The SMILES string of the molecule is COc1ccc(OC)c(C(=O)Nc2c(F)cccc2F)c1. The van der Waals surface area contributed by atoms with Gasteiger partial charge in [0.1, 0.15) is 28.8 Å². The van der Waals surface area contributed by atoms with E-state index in [4.69, 9.17) is 9.47 Å². The summed E-state index contributed by atoms with van der Waals surface area (Å²) in [7, 11) is 2.84. The van der Waals surface area contributed by atoms with Crippen LogP contribution < -0.4 is 14.8 Å². The maximum Gasteiger partial charge on any atom is 0.259 e. The highest BCUT2D eigenvalue weighted by molar-refractivity contribution is 6.06. The van der Waals surface area contributed by atoms with E-state index in [-0.39, 0.29) is 11.3 Å². The van der Waals surface area contributed by atoms with Crippen molar-refractivity contribution >= 4 is 11.6 Å². The second-order valence-electron chi connectivity index (χ2n) is 4.12. The van der Waals surface area contributed by atoms with Gasteiger partial charge in [0.05, 0.1) is 19.8 Å². The van der Waals surface area contributed by atoms with E-state index in [0.29, 0.717) is 5.75 Å². The van der Waals surface area contributed by atoms with Crippen LogP contribution in [-0.2, 0) is 0 Å². The summed E-state index contributed by atoms with van der Waals surface area (Å²) in [6, 6.07) is 7.90. The molecule has 6 heteroatoms. The lowest BCUT2D eigenvalue weighted by molar-refractivity contribution is 0.102. The van der Waals surface area contributed by atoms with E-state index in [1.54, 1.807) is 6.07 Å². The molecule has 0 aliphatic heterocycles. The molecule has 0 aliphatic rings. The number of amides is 1. The molecule has 1 N–H and O–H groups in total. The van der Waals surface area contributed by atoms with Gasteiger partial charge in [-0.05, 0) is 30.3 Å². The lowest BCUT2D eigenvalue weighted by Crippen LogP contribution is -2.15. The minimum atomic E-state index is -0.856. The predicted octanol–water partition coefficient (Wildman–Crippen LogP) is 3.23. The second kappa shape index (κ2) is 6.21. The number of carbonyl (C=O) groups is 1. The number of ether oxygens (including phenoxy) is 2. The first-order valence-electron chi connectivity index (χ1n) is 6.04. The number of benzene rings is 2. The Morgan fingerprint density at radius 3 is 2.29 bits per heavy atom. The first-order valence-corrected chi connectivity index (χ1v) is 6.04. The lowest BCUT2D eigenvalue weighted by atomic mass is 10.1. The second-order valence-corrected chi connectivity index (χ2v) is 4.12.